The van der Waals surface area contributed by atoms with Gasteiger partial charge in [-0.05, 0) is 45.1 Å². The predicted molar refractivity (Wildman–Crippen MR) is 105 cm³/mol. The number of nitrogens with zero attached hydrogens (tertiary/aromatic N) is 4. The Kier molecular flexibility index (Phi) is 4.76. The number of hydrogen-bond acceptors (Lipinski definition) is 4. The third kappa shape index (κ3) is 3.76. The third-order valence-corrected chi connectivity index (χ3v) is 5.65. The number of nitrogens with one attached hydrogen (secondary N) is 1. The Morgan fingerprint density at radius 3 is 2.52 bits per heavy atom. The van der Waals surface area contributed by atoms with E-state index in [1.165, 1.54) is 16.7 Å². The van der Waals surface area contributed by atoms with E-state index in [0.29, 0.717) is 17.7 Å². The van der Waals surface area contributed by atoms with Crippen LogP contribution in [-0.4, -0.2) is 44.7 Å². The minimum atomic E-state index is -0.118. The van der Waals surface area contributed by atoms with Gasteiger partial charge in [0.25, 0.3) is 5.91 Å². The number of likely N-dealkylation sites (tertiary alicyclic amines) is 1. The lowest BCUT2D eigenvalue weighted by Crippen LogP contribution is -2.35. The fourth-order valence-electron chi connectivity index (χ4n) is 4.66. The average molecular weight is 367 g/mol. The van der Waals surface area contributed by atoms with Crippen molar-refractivity contribution in [3.05, 3.63) is 46.5 Å². The Bertz CT molecular complexity index is 836. The van der Waals surface area contributed by atoms with Crippen LogP contribution in [0.1, 0.15) is 47.0 Å². The van der Waals surface area contributed by atoms with Crippen LogP contribution in [-0.2, 0) is 19.5 Å². The van der Waals surface area contributed by atoms with Gasteiger partial charge < -0.3 is 9.88 Å². The standard InChI is InChI=1S/C21H29N5O/c1-13(2)22-21(27)20-24-23-19-8-17-10-25(11-18(17)12-26(19)20)9-16-6-14(3)5-15(4)7-16/h5-7,13,17-18H,8-12H2,1-4H3,(H,22,27)/t17-,18+/m0/s1. The summed E-state index contributed by atoms with van der Waals surface area (Å²) < 4.78 is 2.04. The fraction of sp³-hybridized carbons (Fsp3) is 0.571. The number of rotatable bonds is 4. The summed E-state index contributed by atoms with van der Waals surface area (Å²) in [7, 11) is 0. The molecule has 27 heavy (non-hydrogen) atoms. The summed E-state index contributed by atoms with van der Waals surface area (Å²) >= 11 is 0. The molecular formula is C21H29N5O. The van der Waals surface area contributed by atoms with Gasteiger partial charge in [-0.25, -0.2) is 0 Å². The minimum Gasteiger partial charge on any atom is -0.347 e. The summed E-state index contributed by atoms with van der Waals surface area (Å²) in [6, 6.07) is 6.90. The lowest BCUT2D eigenvalue weighted by Gasteiger charge is -2.25. The molecule has 1 amide bonds. The van der Waals surface area contributed by atoms with Crippen molar-refractivity contribution in [2.75, 3.05) is 13.1 Å². The van der Waals surface area contributed by atoms with Crippen molar-refractivity contribution < 1.29 is 4.79 Å². The maximum absolute atomic E-state index is 12.4. The molecule has 2 aliphatic rings. The Balaban J connectivity index is 1.45. The number of benzene rings is 1. The smallest absolute Gasteiger partial charge is 0.289 e. The van der Waals surface area contributed by atoms with Crippen molar-refractivity contribution in [1.82, 2.24) is 25.0 Å². The van der Waals surface area contributed by atoms with E-state index in [2.05, 4.69) is 52.5 Å². The van der Waals surface area contributed by atoms with E-state index in [-0.39, 0.29) is 11.9 Å². The average Bonchev–Trinajstić information content (AvgIpc) is 3.13. The lowest BCUT2D eigenvalue weighted by atomic mass is 9.89. The van der Waals surface area contributed by atoms with Gasteiger partial charge in [0.2, 0.25) is 5.82 Å². The van der Waals surface area contributed by atoms with Crippen molar-refractivity contribution in [2.45, 2.75) is 53.2 Å². The van der Waals surface area contributed by atoms with Crippen molar-refractivity contribution in [3.8, 4) is 0 Å². The van der Waals surface area contributed by atoms with Crippen LogP contribution in [0.3, 0.4) is 0 Å². The van der Waals surface area contributed by atoms with E-state index in [0.717, 1.165) is 38.4 Å². The summed E-state index contributed by atoms with van der Waals surface area (Å²) in [6.45, 7) is 12.3. The molecule has 1 aromatic heterocycles. The molecular weight excluding hydrogens is 338 g/mol. The number of carbonyl (C=O) groups excluding carboxylic acids is 1. The lowest BCUT2D eigenvalue weighted by molar-refractivity contribution is 0.0924. The quantitative estimate of drug-likeness (QED) is 0.901. The molecule has 0 bridgehead atoms. The van der Waals surface area contributed by atoms with Crippen LogP contribution in [0.25, 0.3) is 0 Å². The SMILES string of the molecule is Cc1cc(C)cc(CN2C[C@@H]3Cn4c(nnc4C(=O)NC(C)C)C[C@H]3C2)c1. The fourth-order valence-corrected chi connectivity index (χ4v) is 4.66. The van der Waals surface area contributed by atoms with Crippen molar-refractivity contribution >= 4 is 5.91 Å². The van der Waals surface area contributed by atoms with E-state index in [1.807, 2.05) is 18.4 Å². The van der Waals surface area contributed by atoms with Crippen molar-refractivity contribution in [2.24, 2.45) is 11.8 Å². The zero-order valence-corrected chi connectivity index (χ0v) is 16.7. The van der Waals surface area contributed by atoms with E-state index in [1.54, 1.807) is 0 Å². The molecule has 2 aliphatic heterocycles. The summed E-state index contributed by atoms with van der Waals surface area (Å²) in [5, 5.41) is 11.4. The van der Waals surface area contributed by atoms with Crippen molar-refractivity contribution in [3.63, 3.8) is 0 Å². The number of amides is 1. The molecule has 0 saturated carbocycles. The van der Waals surface area contributed by atoms with E-state index in [9.17, 15) is 4.79 Å². The summed E-state index contributed by atoms with van der Waals surface area (Å²) in [5.74, 6) is 2.47. The van der Waals surface area contributed by atoms with Crippen LogP contribution in [0.4, 0.5) is 0 Å². The predicted octanol–water partition coefficient (Wildman–Crippen LogP) is 2.34. The highest BCUT2D eigenvalue weighted by Crippen LogP contribution is 2.33. The second kappa shape index (κ2) is 7.08. The molecule has 0 aliphatic carbocycles. The Morgan fingerprint density at radius 1 is 1.11 bits per heavy atom. The summed E-state index contributed by atoms with van der Waals surface area (Å²) in [6.07, 6.45) is 0.913. The van der Waals surface area contributed by atoms with Gasteiger partial charge in [-0.1, -0.05) is 29.3 Å². The van der Waals surface area contributed by atoms with Crippen LogP contribution < -0.4 is 5.32 Å². The molecule has 1 saturated heterocycles. The highest BCUT2D eigenvalue weighted by molar-refractivity contribution is 5.90. The normalized spacial score (nSPS) is 22.0. The second-order valence-corrected chi connectivity index (χ2v) is 8.59. The number of aromatic nitrogens is 3. The van der Waals surface area contributed by atoms with Crippen LogP contribution in [0.2, 0.25) is 0 Å². The molecule has 144 valence electrons. The number of hydrogen-bond donors (Lipinski definition) is 1. The number of carbonyl (C=O) groups is 1. The van der Waals surface area contributed by atoms with E-state index in [4.69, 9.17) is 0 Å². The Morgan fingerprint density at radius 2 is 1.81 bits per heavy atom. The molecule has 0 unspecified atom stereocenters. The zero-order chi connectivity index (χ0) is 19.1. The van der Waals surface area contributed by atoms with Gasteiger partial charge >= 0.3 is 0 Å². The van der Waals surface area contributed by atoms with Crippen LogP contribution in [0.5, 0.6) is 0 Å². The van der Waals surface area contributed by atoms with E-state index < -0.39 is 0 Å². The van der Waals surface area contributed by atoms with Crippen LogP contribution >= 0.6 is 0 Å². The first-order valence-corrected chi connectivity index (χ1v) is 9.91. The molecule has 1 N–H and O–H groups in total. The van der Waals surface area contributed by atoms with Gasteiger partial charge in [-0.3, -0.25) is 9.69 Å². The largest absolute Gasteiger partial charge is 0.347 e. The van der Waals surface area contributed by atoms with Gasteiger partial charge in [-0.2, -0.15) is 0 Å². The van der Waals surface area contributed by atoms with Gasteiger partial charge in [0.05, 0.1) is 0 Å². The van der Waals surface area contributed by atoms with Crippen molar-refractivity contribution in [1.29, 1.82) is 0 Å². The molecule has 0 spiro atoms. The summed E-state index contributed by atoms with van der Waals surface area (Å²) in [5.41, 5.74) is 4.05. The van der Waals surface area contributed by atoms with Gasteiger partial charge in [0.15, 0.2) is 0 Å². The maximum Gasteiger partial charge on any atom is 0.289 e. The molecule has 1 fully saturated rings. The van der Waals surface area contributed by atoms with Gasteiger partial charge in [0.1, 0.15) is 5.82 Å². The highest BCUT2D eigenvalue weighted by atomic mass is 16.2. The number of fused-ring (bicyclic) bond motifs is 2. The first-order valence-electron chi connectivity index (χ1n) is 9.91. The summed E-state index contributed by atoms with van der Waals surface area (Å²) in [4.78, 5) is 15.0. The zero-order valence-electron chi connectivity index (χ0n) is 16.7. The Hall–Kier alpha value is -2.21. The van der Waals surface area contributed by atoms with E-state index >= 15 is 0 Å². The van der Waals surface area contributed by atoms with Gasteiger partial charge in [-0.15, -0.1) is 10.2 Å². The highest BCUT2D eigenvalue weighted by Gasteiger charge is 2.39. The molecule has 3 heterocycles. The molecule has 0 radical (unpaired) electrons. The molecule has 4 rings (SSSR count). The molecule has 2 aromatic rings. The molecule has 2 atom stereocenters. The Labute approximate surface area is 161 Å². The first kappa shape index (κ1) is 18.2. The minimum absolute atomic E-state index is 0.0987. The second-order valence-electron chi connectivity index (χ2n) is 8.59. The van der Waals surface area contributed by atoms with Gasteiger partial charge in [0, 0.05) is 38.6 Å². The molecule has 1 aromatic carbocycles. The first-order chi connectivity index (χ1) is 12.9. The molecule has 6 nitrogen and oxygen atoms in total. The molecule has 6 heteroatoms. The van der Waals surface area contributed by atoms with Crippen LogP contribution in [0.15, 0.2) is 18.2 Å². The number of aryl methyl sites for hydroxylation is 2. The monoisotopic (exact) mass is 367 g/mol. The van der Waals surface area contributed by atoms with Crippen LogP contribution in [0, 0.1) is 25.7 Å². The topological polar surface area (TPSA) is 63.1 Å². The maximum atomic E-state index is 12.4. The third-order valence-electron chi connectivity index (χ3n) is 5.65.